The van der Waals surface area contributed by atoms with Crippen molar-refractivity contribution in [2.45, 2.75) is 12.3 Å². The highest BCUT2D eigenvalue weighted by Crippen LogP contribution is 2.24. The van der Waals surface area contributed by atoms with Crippen molar-refractivity contribution in [2.75, 3.05) is 25.9 Å². The van der Waals surface area contributed by atoms with Gasteiger partial charge in [-0.2, -0.15) is 5.10 Å². The summed E-state index contributed by atoms with van der Waals surface area (Å²) >= 11 is 0. The molecule has 2 heterocycles. The molecule has 2 rings (SSSR count). The first-order chi connectivity index (χ1) is 6.81. The normalized spacial score (nSPS) is 21.1. The summed E-state index contributed by atoms with van der Waals surface area (Å²) in [6, 6.07) is 1.85. The summed E-state index contributed by atoms with van der Waals surface area (Å²) < 4.78 is 4.95. The fourth-order valence-corrected chi connectivity index (χ4v) is 1.68. The van der Waals surface area contributed by atoms with Gasteiger partial charge in [-0.05, 0) is 19.0 Å². The summed E-state index contributed by atoms with van der Waals surface area (Å²) in [5.74, 6) is 0.843. The van der Waals surface area contributed by atoms with E-state index >= 15 is 0 Å². The van der Waals surface area contributed by atoms with Gasteiger partial charge in [-0.3, -0.25) is 0 Å². The Hall–Kier alpha value is -1.36. The van der Waals surface area contributed by atoms with Gasteiger partial charge in [0.25, 0.3) is 5.88 Å². The number of nitrogen functional groups attached to an aromatic ring is 1. The molecule has 76 valence electrons. The Bertz CT molecular complexity index is 323. The van der Waals surface area contributed by atoms with E-state index < -0.39 is 0 Å². The van der Waals surface area contributed by atoms with Crippen LogP contribution in [0.3, 0.4) is 0 Å². The molecule has 0 spiro atoms. The number of ether oxygens (including phenoxy) is 1. The van der Waals surface area contributed by atoms with Crippen LogP contribution in [0.4, 0.5) is 5.69 Å². The Kier molecular flexibility index (Phi) is 2.49. The van der Waals surface area contributed by atoms with Gasteiger partial charge >= 0.3 is 0 Å². The molecule has 0 radical (unpaired) electrons. The van der Waals surface area contributed by atoms with Crippen LogP contribution in [0, 0.1) is 0 Å². The molecule has 1 aliphatic heterocycles. The summed E-state index contributed by atoms with van der Waals surface area (Å²) in [5.41, 5.74) is 7.26. The summed E-state index contributed by atoms with van der Waals surface area (Å²) in [5, 5.41) is 11.3. The van der Waals surface area contributed by atoms with Crippen LogP contribution in [-0.2, 0) is 0 Å². The molecule has 5 heteroatoms. The summed E-state index contributed by atoms with van der Waals surface area (Å²) in [4.78, 5) is 0. The van der Waals surface area contributed by atoms with Crippen molar-refractivity contribution >= 4 is 5.69 Å². The molecule has 1 aromatic rings. The largest absolute Gasteiger partial charge is 0.478 e. The van der Waals surface area contributed by atoms with E-state index in [9.17, 15) is 0 Å². The number of nitrogens with two attached hydrogens (primary N) is 1. The highest BCUT2D eigenvalue weighted by molar-refractivity contribution is 5.48. The Morgan fingerprint density at radius 3 is 3.00 bits per heavy atom. The van der Waals surface area contributed by atoms with E-state index in [-0.39, 0.29) is 0 Å². The molecule has 0 aromatic carbocycles. The molecule has 14 heavy (non-hydrogen) atoms. The maximum absolute atomic E-state index is 5.75. The maximum Gasteiger partial charge on any atom is 0.256 e. The predicted octanol–water partition coefficient (Wildman–Crippen LogP) is 0.144. The van der Waals surface area contributed by atoms with Gasteiger partial charge < -0.3 is 15.8 Å². The third-order valence-electron chi connectivity index (χ3n) is 2.48. The highest BCUT2D eigenvalue weighted by atomic mass is 16.5. The molecular weight excluding hydrogens is 180 g/mol. The van der Waals surface area contributed by atoms with E-state index in [0.717, 1.165) is 25.2 Å². The zero-order chi connectivity index (χ0) is 9.97. The fourth-order valence-electron chi connectivity index (χ4n) is 1.68. The number of hydrogen-bond donors (Lipinski definition) is 2. The molecule has 1 unspecified atom stereocenters. The van der Waals surface area contributed by atoms with E-state index in [2.05, 4.69) is 15.5 Å². The average Bonchev–Trinajstić information content (AvgIpc) is 2.70. The lowest BCUT2D eigenvalue weighted by Gasteiger charge is -2.08. The highest BCUT2D eigenvalue weighted by Gasteiger charge is 2.19. The lowest BCUT2D eigenvalue weighted by atomic mass is 10.0. The van der Waals surface area contributed by atoms with E-state index in [0.29, 0.717) is 17.5 Å². The Morgan fingerprint density at radius 2 is 2.43 bits per heavy atom. The quantitative estimate of drug-likeness (QED) is 0.700. The van der Waals surface area contributed by atoms with Crippen LogP contribution in [0.15, 0.2) is 6.07 Å². The topological polar surface area (TPSA) is 73.1 Å². The van der Waals surface area contributed by atoms with Gasteiger partial charge in [0.05, 0.1) is 18.5 Å². The Morgan fingerprint density at radius 1 is 1.57 bits per heavy atom. The Balaban J connectivity index is 2.23. The summed E-state index contributed by atoms with van der Waals surface area (Å²) in [7, 11) is 1.54. The average molecular weight is 194 g/mol. The van der Waals surface area contributed by atoms with Crippen molar-refractivity contribution in [1.82, 2.24) is 15.5 Å². The molecule has 0 amide bonds. The van der Waals surface area contributed by atoms with Gasteiger partial charge in [0, 0.05) is 12.5 Å². The van der Waals surface area contributed by atoms with E-state index in [4.69, 9.17) is 10.5 Å². The molecular formula is C9H14N4O. The molecule has 0 bridgehead atoms. The van der Waals surface area contributed by atoms with Crippen LogP contribution in [0.2, 0.25) is 0 Å². The SMILES string of the molecule is COc1nnc(C2CCNC2)cc1N. The van der Waals surface area contributed by atoms with Gasteiger partial charge in [0.2, 0.25) is 0 Å². The van der Waals surface area contributed by atoms with Crippen molar-refractivity contribution < 1.29 is 4.74 Å². The second-order valence-electron chi connectivity index (χ2n) is 3.42. The first-order valence-electron chi connectivity index (χ1n) is 4.69. The van der Waals surface area contributed by atoms with Crippen LogP contribution in [0.5, 0.6) is 5.88 Å². The zero-order valence-corrected chi connectivity index (χ0v) is 8.16. The number of aromatic nitrogens is 2. The van der Waals surface area contributed by atoms with Crippen molar-refractivity contribution in [3.63, 3.8) is 0 Å². The van der Waals surface area contributed by atoms with Crippen molar-refractivity contribution in [1.29, 1.82) is 0 Å². The molecule has 1 aliphatic rings. The molecule has 1 fully saturated rings. The third kappa shape index (κ3) is 1.63. The molecule has 1 aromatic heterocycles. The van der Waals surface area contributed by atoms with Gasteiger partial charge in [0.1, 0.15) is 0 Å². The number of anilines is 1. The molecule has 0 saturated carbocycles. The van der Waals surface area contributed by atoms with Gasteiger partial charge in [-0.15, -0.1) is 5.10 Å². The van der Waals surface area contributed by atoms with Gasteiger partial charge in [-0.25, -0.2) is 0 Å². The number of nitrogens with one attached hydrogen (secondary N) is 1. The second-order valence-corrected chi connectivity index (χ2v) is 3.42. The molecule has 0 aliphatic carbocycles. The van der Waals surface area contributed by atoms with Crippen molar-refractivity contribution in [3.05, 3.63) is 11.8 Å². The number of hydrogen-bond acceptors (Lipinski definition) is 5. The van der Waals surface area contributed by atoms with E-state index in [1.54, 1.807) is 0 Å². The van der Waals surface area contributed by atoms with Crippen molar-refractivity contribution in [3.8, 4) is 5.88 Å². The lowest BCUT2D eigenvalue weighted by Crippen LogP contribution is -2.10. The first kappa shape index (κ1) is 9.21. The monoisotopic (exact) mass is 194 g/mol. The first-order valence-corrected chi connectivity index (χ1v) is 4.69. The number of methoxy groups -OCH3 is 1. The minimum atomic E-state index is 0.403. The van der Waals surface area contributed by atoms with Crippen LogP contribution >= 0.6 is 0 Å². The molecule has 5 nitrogen and oxygen atoms in total. The summed E-state index contributed by atoms with van der Waals surface area (Å²) in [6.45, 7) is 2.00. The minimum Gasteiger partial charge on any atom is -0.478 e. The van der Waals surface area contributed by atoms with E-state index in [1.165, 1.54) is 7.11 Å². The fraction of sp³-hybridized carbons (Fsp3) is 0.556. The number of rotatable bonds is 2. The lowest BCUT2D eigenvalue weighted by molar-refractivity contribution is 0.393. The summed E-state index contributed by atoms with van der Waals surface area (Å²) in [6.07, 6.45) is 1.10. The maximum atomic E-state index is 5.75. The van der Waals surface area contributed by atoms with Gasteiger partial charge in [0.15, 0.2) is 0 Å². The standard InChI is InChI=1S/C9H14N4O/c1-14-9-7(10)4-8(12-13-9)6-2-3-11-5-6/h4,6,11H,2-3,5H2,1H3,(H2,10,12). The zero-order valence-electron chi connectivity index (χ0n) is 8.16. The third-order valence-corrected chi connectivity index (χ3v) is 2.48. The van der Waals surface area contributed by atoms with Crippen LogP contribution in [0.1, 0.15) is 18.0 Å². The second kappa shape index (κ2) is 3.79. The van der Waals surface area contributed by atoms with Crippen LogP contribution in [-0.4, -0.2) is 30.4 Å². The van der Waals surface area contributed by atoms with E-state index in [1.807, 2.05) is 6.07 Å². The smallest absolute Gasteiger partial charge is 0.256 e. The molecule has 1 saturated heterocycles. The number of nitrogens with zero attached hydrogens (tertiary/aromatic N) is 2. The Labute approximate surface area is 82.7 Å². The van der Waals surface area contributed by atoms with Crippen LogP contribution in [0.25, 0.3) is 0 Å². The molecule has 1 atom stereocenters. The minimum absolute atomic E-state index is 0.403. The van der Waals surface area contributed by atoms with Crippen molar-refractivity contribution in [2.24, 2.45) is 0 Å². The van der Waals surface area contributed by atoms with Crippen LogP contribution < -0.4 is 15.8 Å². The molecule has 3 N–H and O–H groups in total. The van der Waals surface area contributed by atoms with Gasteiger partial charge in [-0.1, -0.05) is 0 Å². The predicted molar refractivity (Wildman–Crippen MR) is 53.2 cm³/mol.